The summed E-state index contributed by atoms with van der Waals surface area (Å²) in [5, 5.41) is 7.73. The normalized spacial score (nSPS) is 10.3. The number of amides is 2. The minimum Gasteiger partial charge on any atom is -0.497 e. The van der Waals surface area contributed by atoms with Crippen LogP contribution in [0.25, 0.3) is 0 Å². The molecular formula is C20H20ClN5O3. The second-order valence-corrected chi connectivity index (χ2v) is 6.51. The molecule has 3 rings (SSSR count). The highest BCUT2D eigenvalue weighted by Gasteiger charge is 2.11. The number of nitrogens with zero attached hydrogens (tertiary/aromatic N) is 2. The highest BCUT2D eigenvalue weighted by atomic mass is 35.5. The number of anilines is 1. The smallest absolute Gasteiger partial charge is 0.272 e. The van der Waals surface area contributed by atoms with Gasteiger partial charge in [-0.15, -0.1) is 0 Å². The van der Waals surface area contributed by atoms with E-state index in [9.17, 15) is 9.59 Å². The summed E-state index contributed by atoms with van der Waals surface area (Å²) in [6, 6.07) is 14.6. The zero-order valence-electron chi connectivity index (χ0n) is 15.7. The zero-order chi connectivity index (χ0) is 20.6. The van der Waals surface area contributed by atoms with Crippen LogP contribution in [0, 0.1) is 0 Å². The Bertz CT molecular complexity index is 988. The Kier molecular flexibility index (Phi) is 6.70. The van der Waals surface area contributed by atoms with Crippen molar-refractivity contribution in [2.45, 2.75) is 6.54 Å². The molecule has 9 heteroatoms. The predicted molar refractivity (Wildman–Crippen MR) is 110 cm³/mol. The highest BCUT2D eigenvalue weighted by Crippen LogP contribution is 2.16. The van der Waals surface area contributed by atoms with Crippen molar-refractivity contribution in [3.05, 3.63) is 77.1 Å². The van der Waals surface area contributed by atoms with E-state index in [0.717, 1.165) is 17.0 Å². The fourth-order valence-electron chi connectivity index (χ4n) is 2.50. The Labute approximate surface area is 172 Å². The molecule has 0 aliphatic heterocycles. The summed E-state index contributed by atoms with van der Waals surface area (Å²) >= 11 is 6.14. The van der Waals surface area contributed by atoms with E-state index in [1.54, 1.807) is 48.3 Å². The maximum absolute atomic E-state index is 12.2. The lowest BCUT2D eigenvalue weighted by Gasteiger charge is -2.09. The lowest BCUT2D eigenvalue weighted by atomic mass is 10.2. The van der Waals surface area contributed by atoms with Crippen LogP contribution in [0.1, 0.15) is 15.9 Å². The number of halogens is 1. The molecule has 0 fully saturated rings. The molecule has 8 nitrogen and oxygen atoms in total. The van der Waals surface area contributed by atoms with Gasteiger partial charge in [-0.2, -0.15) is 5.10 Å². The van der Waals surface area contributed by atoms with Gasteiger partial charge in [0.25, 0.3) is 11.8 Å². The average Bonchev–Trinajstić information content (AvgIpc) is 3.21. The van der Waals surface area contributed by atoms with Crippen LogP contribution in [0.5, 0.6) is 5.75 Å². The average molecular weight is 414 g/mol. The van der Waals surface area contributed by atoms with Crippen molar-refractivity contribution in [3.8, 4) is 5.75 Å². The third kappa shape index (κ3) is 5.73. The van der Waals surface area contributed by atoms with Crippen molar-refractivity contribution >= 4 is 29.1 Å². The van der Waals surface area contributed by atoms with Gasteiger partial charge in [0, 0.05) is 16.9 Å². The van der Waals surface area contributed by atoms with E-state index in [1.807, 2.05) is 18.2 Å². The molecule has 3 aromatic rings. The summed E-state index contributed by atoms with van der Waals surface area (Å²) in [7, 11) is 1.58. The van der Waals surface area contributed by atoms with E-state index in [-0.39, 0.29) is 6.54 Å². The van der Waals surface area contributed by atoms with Gasteiger partial charge < -0.3 is 10.1 Å². The fourth-order valence-corrected chi connectivity index (χ4v) is 2.70. The van der Waals surface area contributed by atoms with Crippen molar-refractivity contribution in [2.75, 3.05) is 19.0 Å². The van der Waals surface area contributed by atoms with Crippen LogP contribution in [-0.2, 0) is 11.3 Å². The number of hydrogen-bond donors (Lipinski definition) is 3. The number of hydrogen-bond acceptors (Lipinski definition) is 5. The summed E-state index contributed by atoms with van der Waals surface area (Å²) in [5.41, 5.74) is 6.69. The molecule has 0 saturated heterocycles. The number of ether oxygens (including phenoxy) is 1. The number of carbonyl (C=O) groups is 2. The Hall–Kier alpha value is -3.52. The van der Waals surface area contributed by atoms with Gasteiger partial charge in [-0.1, -0.05) is 29.8 Å². The van der Waals surface area contributed by atoms with Gasteiger partial charge in [-0.3, -0.25) is 25.1 Å². The van der Waals surface area contributed by atoms with Crippen LogP contribution in [0.2, 0.25) is 5.02 Å². The maximum atomic E-state index is 12.2. The predicted octanol–water partition coefficient (Wildman–Crippen LogP) is 2.47. The summed E-state index contributed by atoms with van der Waals surface area (Å²) in [6.07, 6.45) is 3.01. The van der Waals surface area contributed by atoms with Crippen LogP contribution in [-0.4, -0.2) is 35.2 Å². The van der Waals surface area contributed by atoms with Gasteiger partial charge in [0.05, 0.1) is 32.0 Å². The van der Waals surface area contributed by atoms with Crippen molar-refractivity contribution in [3.63, 3.8) is 0 Å². The molecule has 3 N–H and O–H groups in total. The Morgan fingerprint density at radius 2 is 1.86 bits per heavy atom. The van der Waals surface area contributed by atoms with Gasteiger partial charge in [0.2, 0.25) is 0 Å². The summed E-state index contributed by atoms with van der Waals surface area (Å²) in [5.74, 6) is -0.131. The van der Waals surface area contributed by atoms with Crippen LogP contribution >= 0.6 is 11.6 Å². The van der Waals surface area contributed by atoms with Crippen molar-refractivity contribution in [1.82, 2.24) is 20.6 Å². The second-order valence-electron chi connectivity index (χ2n) is 6.10. The standard InChI is InChI=1S/C20H20ClN5O3/c1-29-17-8-6-16(7-9-17)22-11-19(27)24-25-20(28)15-10-23-26(13-15)12-14-4-2-3-5-18(14)21/h2-10,13,22H,11-12H2,1H3,(H,24,27)(H,25,28). The van der Waals surface area contributed by atoms with E-state index in [0.29, 0.717) is 17.1 Å². The molecule has 0 spiro atoms. The van der Waals surface area contributed by atoms with E-state index >= 15 is 0 Å². The highest BCUT2D eigenvalue weighted by molar-refractivity contribution is 6.31. The first-order valence-electron chi connectivity index (χ1n) is 8.78. The van der Waals surface area contributed by atoms with E-state index in [2.05, 4.69) is 21.3 Å². The van der Waals surface area contributed by atoms with Crippen LogP contribution in [0.3, 0.4) is 0 Å². The van der Waals surface area contributed by atoms with E-state index in [1.165, 1.54) is 6.20 Å². The summed E-state index contributed by atoms with van der Waals surface area (Å²) < 4.78 is 6.67. The number of hydrazine groups is 1. The molecule has 2 aromatic carbocycles. The molecule has 0 aliphatic carbocycles. The molecule has 0 saturated carbocycles. The van der Waals surface area contributed by atoms with Crippen molar-refractivity contribution in [1.29, 1.82) is 0 Å². The lowest BCUT2D eigenvalue weighted by Crippen LogP contribution is -2.44. The molecule has 0 aliphatic rings. The van der Waals surface area contributed by atoms with Crippen LogP contribution in [0.15, 0.2) is 60.9 Å². The molecular weight excluding hydrogens is 394 g/mol. The fraction of sp³-hybridized carbons (Fsp3) is 0.150. The molecule has 1 heterocycles. The first kappa shape index (κ1) is 20.2. The number of methoxy groups -OCH3 is 1. The Morgan fingerprint density at radius 1 is 1.10 bits per heavy atom. The van der Waals surface area contributed by atoms with E-state index in [4.69, 9.17) is 16.3 Å². The quantitative estimate of drug-likeness (QED) is 0.517. The number of benzene rings is 2. The van der Waals surface area contributed by atoms with E-state index < -0.39 is 11.8 Å². The van der Waals surface area contributed by atoms with Crippen LogP contribution < -0.4 is 20.9 Å². The molecule has 0 bridgehead atoms. The first-order chi connectivity index (χ1) is 14.0. The maximum Gasteiger partial charge on any atom is 0.272 e. The second kappa shape index (κ2) is 9.61. The molecule has 29 heavy (non-hydrogen) atoms. The molecule has 0 unspecified atom stereocenters. The molecule has 0 atom stereocenters. The number of carbonyl (C=O) groups excluding carboxylic acids is 2. The van der Waals surface area contributed by atoms with Gasteiger partial charge in [0.1, 0.15) is 5.75 Å². The van der Waals surface area contributed by atoms with Crippen LogP contribution in [0.4, 0.5) is 5.69 Å². The topological polar surface area (TPSA) is 97.3 Å². The number of rotatable bonds is 7. The SMILES string of the molecule is COc1ccc(NCC(=O)NNC(=O)c2cnn(Cc3ccccc3Cl)c2)cc1. The first-order valence-corrected chi connectivity index (χ1v) is 9.16. The van der Waals surface area contributed by atoms with Gasteiger partial charge >= 0.3 is 0 Å². The monoisotopic (exact) mass is 413 g/mol. The minimum absolute atomic E-state index is 0.00161. The van der Waals surface area contributed by atoms with Gasteiger partial charge in [-0.25, -0.2) is 0 Å². The van der Waals surface area contributed by atoms with Crippen molar-refractivity contribution in [2.24, 2.45) is 0 Å². The Morgan fingerprint density at radius 3 is 2.59 bits per heavy atom. The third-order valence-corrected chi connectivity index (χ3v) is 4.41. The molecule has 2 amide bonds. The number of aromatic nitrogens is 2. The minimum atomic E-state index is -0.465. The molecule has 150 valence electrons. The van der Waals surface area contributed by atoms with Gasteiger partial charge in [-0.05, 0) is 35.9 Å². The van der Waals surface area contributed by atoms with Gasteiger partial charge in [0.15, 0.2) is 0 Å². The summed E-state index contributed by atoms with van der Waals surface area (Å²) in [6.45, 7) is 0.434. The molecule has 1 aromatic heterocycles. The number of nitrogens with one attached hydrogen (secondary N) is 3. The largest absolute Gasteiger partial charge is 0.497 e. The zero-order valence-corrected chi connectivity index (χ0v) is 16.4. The van der Waals surface area contributed by atoms with Crippen molar-refractivity contribution < 1.29 is 14.3 Å². The third-order valence-electron chi connectivity index (χ3n) is 4.04. The molecule has 0 radical (unpaired) electrons. The summed E-state index contributed by atoms with van der Waals surface area (Å²) in [4.78, 5) is 24.1. The Balaban J connectivity index is 1.46. The lowest BCUT2D eigenvalue weighted by molar-refractivity contribution is -0.120.